The molecule has 1 rings (SSSR count). The summed E-state index contributed by atoms with van der Waals surface area (Å²) < 4.78 is 0. The molecule has 0 spiro atoms. The summed E-state index contributed by atoms with van der Waals surface area (Å²) in [7, 11) is 0. The number of rotatable bonds is 2. The van der Waals surface area contributed by atoms with Crippen molar-refractivity contribution in [3.05, 3.63) is 35.4 Å². The number of hydrogen-bond donors (Lipinski definition) is 1. The van der Waals surface area contributed by atoms with Crippen molar-refractivity contribution in [2.24, 2.45) is 5.73 Å². The molecule has 0 saturated heterocycles. The molecule has 2 N–H and O–H groups in total. The van der Waals surface area contributed by atoms with Crippen molar-refractivity contribution in [2.75, 3.05) is 0 Å². The quantitative estimate of drug-likeness (QED) is 0.693. The van der Waals surface area contributed by atoms with Gasteiger partial charge in [-0.3, -0.25) is 0 Å². The topological polar surface area (TPSA) is 49.8 Å². The summed E-state index contributed by atoms with van der Waals surface area (Å²) in [4.78, 5) is 0.415. The standard InChI is InChI=1S/C9H8N2S/c10-6-8-4-2-1-3-7(8)5-9(11)12/h1-4H,5H2,(H2,11,12). The SMILES string of the molecule is N#Cc1ccccc1CC(N)=S. The average molecular weight is 176 g/mol. The molecule has 0 aliphatic carbocycles. The molecule has 1 aromatic rings. The monoisotopic (exact) mass is 176 g/mol. The van der Waals surface area contributed by atoms with Gasteiger partial charge in [-0.05, 0) is 11.6 Å². The number of thiocarbonyl (C=S) groups is 1. The Morgan fingerprint density at radius 1 is 1.50 bits per heavy atom. The summed E-state index contributed by atoms with van der Waals surface area (Å²) in [5, 5.41) is 8.70. The predicted octanol–water partition coefficient (Wildman–Crippen LogP) is 1.39. The van der Waals surface area contributed by atoms with Crippen molar-refractivity contribution in [3.63, 3.8) is 0 Å². The number of nitrogens with two attached hydrogens (primary N) is 1. The van der Waals surface area contributed by atoms with Gasteiger partial charge in [0.1, 0.15) is 0 Å². The lowest BCUT2D eigenvalue weighted by Crippen LogP contribution is -2.11. The summed E-state index contributed by atoms with van der Waals surface area (Å²) >= 11 is 4.75. The molecule has 0 radical (unpaired) electrons. The van der Waals surface area contributed by atoms with E-state index in [1.54, 1.807) is 6.07 Å². The van der Waals surface area contributed by atoms with Crippen LogP contribution in [0.5, 0.6) is 0 Å². The van der Waals surface area contributed by atoms with E-state index in [0.29, 0.717) is 17.0 Å². The molecule has 3 heteroatoms. The number of benzene rings is 1. The molecule has 2 nitrogen and oxygen atoms in total. The van der Waals surface area contributed by atoms with Crippen LogP contribution in [0.2, 0.25) is 0 Å². The summed E-state index contributed by atoms with van der Waals surface area (Å²) in [5.41, 5.74) is 6.91. The van der Waals surface area contributed by atoms with Crippen LogP contribution in [0.4, 0.5) is 0 Å². The first kappa shape index (κ1) is 8.69. The van der Waals surface area contributed by atoms with Crippen molar-refractivity contribution in [1.29, 1.82) is 5.26 Å². The van der Waals surface area contributed by atoms with Gasteiger partial charge in [0, 0.05) is 6.42 Å². The van der Waals surface area contributed by atoms with E-state index >= 15 is 0 Å². The van der Waals surface area contributed by atoms with E-state index < -0.39 is 0 Å². The van der Waals surface area contributed by atoms with Gasteiger partial charge < -0.3 is 5.73 Å². The predicted molar refractivity (Wildman–Crippen MR) is 51.6 cm³/mol. The Balaban J connectivity index is 2.99. The van der Waals surface area contributed by atoms with Gasteiger partial charge in [-0.1, -0.05) is 30.4 Å². The molecular weight excluding hydrogens is 168 g/mol. The van der Waals surface area contributed by atoms with Gasteiger partial charge in [0.05, 0.1) is 16.6 Å². The first-order chi connectivity index (χ1) is 5.74. The lowest BCUT2D eigenvalue weighted by molar-refractivity contribution is 1.30. The zero-order chi connectivity index (χ0) is 8.97. The van der Waals surface area contributed by atoms with Crippen LogP contribution in [0.3, 0.4) is 0 Å². The minimum Gasteiger partial charge on any atom is -0.393 e. The van der Waals surface area contributed by atoms with Crippen LogP contribution in [0.1, 0.15) is 11.1 Å². The second-order valence-corrected chi connectivity index (χ2v) is 2.94. The Morgan fingerprint density at radius 3 is 2.75 bits per heavy atom. The van der Waals surface area contributed by atoms with Crippen LogP contribution in [0, 0.1) is 11.3 Å². The Morgan fingerprint density at radius 2 is 2.17 bits per heavy atom. The molecule has 0 bridgehead atoms. The van der Waals surface area contributed by atoms with Crippen LogP contribution in [0.25, 0.3) is 0 Å². The van der Waals surface area contributed by atoms with Crippen LogP contribution in [-0.2, 0) is 6.42 Å². The molecule has 0 aliphatic rings. The first-order valence-electron chi connectivity index (χ1n) is 3.50. The fraction of sp³-hybridized carbons (Fsp3) is 0.111. The Bertz CT molecular complexity index is 339. The largest absolute Gasteiger partial charge is 0.393 e. The van der Waals surface area contributed by atoms with Crippen LogP contribution in [-0.4, -0.2) is 4.99 Å². The third-order valence-electron chi connectivity index (χ3n) is 1.50. The molecule has 0 saturated carbocycles. The van der Waals surface area contributed by atoms with Gasteiger partial charge in [0.2, 0.25) is 0 Å². The van der Waals surface area contributed by atoms with Crippen molar-refractivity contribution in [3.8, 4) is 6.07 Å². The second kappa shape index (κ2) is 3.84. The van der Waals surface area contributed by atoms with Gasteiger partial charge >= 0.3 is 0 Å². The number of nitriles is 1. The third-order valence-corrected chi connectivity index (χ3v) is 1.65. The second-order valence-electron chi connectivity index (χ2n) is 2.41. The molecule has 0 amide bonds. The highest BCUT2D eigenvalue weighted by Gasteiger charge is 2.00. The van der Waals surface area contributed by atoms with Crippen LogP contribution < -0.4 is 5.73 Å². The lowest BCUT2D eigenvalue weighted by atomic mass is 10.1. The average Bonchev–Trinajstić information content (AvgIpc) is 2.04. The molecule has 1 aromatic carbocycles. The zero-order valence-corrected chi connectivity index (χ0v) is 7.27. The lowest BCUT2D eigenvalue weighted by Gasteiger charge is -2.00. The minimum absolute atomic E-state index is 0.415. The zero-order valence-electron chi connectivity index (χ0n) is 6.45. The fourth-order valence-corrected chi connectivity index (χ4v) is 1.13. The van der Waals surface area contributed by atoms with E-state index in [9.17, 15) is 0 Å². The van der Waals surface area contributed by atoms with Gasteiger partial charge in [-0.25, -0.2) is 0 Å². The normalized spacial score (nSPS) is 8.92. The van der Waals surface area contributed by atoms with Gasteiger partial charge in [-0.15, -0.1) is 0 Å². The van der Waals surface area contributed by atoms with E-state index in [-0.39, 0.29) is 0 Å². The van der Waals surface area contributed by atoms with E-state index in [1.807, 2.05) is 18.2 Å². The maximum Gasteiger partial charge on any atom is 0.0994 e. The van der Waals surface area contributed by atoms with E-state index in [2.05, 4.69) is 6.07 Å². The molecule has 0 atom stereocenters. The van der Waals surface area contributed by atoms with Gasteiger partial charge in [0.15, 0.2) is 0 Å². The molecule has 0 unspecified atom stereocenters. The van der Waals surface area contributed by atoms with Crippen LogP contribution in [0.15, 0.2) is 24.3 Å². The molecule has 12 heavy (non-hydrogen) atoms. The first-order valence-corrected chi connectivity index (χ1v) is 3.91. The van der Waals surface area contributed by atoms with E-state index in [0.717, 1.165) is 5.56 Å². The molecule has 0 fully saturated rings. The van der Waals surface area contributed by atoms with E-state index in [4.69, 9.17) is 23.2 Å². The summed E-state index contributed by atoms with van der Waals surface area (Å²) in [6.45, 7) is 0. The van der Waals surface area contributed by atoms with Crippen LogP contribution >= 0.6 is 12.2 Å². The van der Waals surface area contributed by atoms with Crippen molar-refractivity contribution >= 4 is 17.2 Å². The maximum atomic E-state index is 8.70. The summed E-state index contributed by atoms with van der Waals surface area (Å²) in [6, 6.07) is 9.39. The van der Waals surface area contributed by atoms with Gasteiger partial charge in [0.25, 0.3) is 0 Å². The highest BCUT2D eigenvalue weighted by atomic mass is 32.1. The molecular formula is C9H8N2S. The highest BCUT2D eigenvalue weighted by Crippen LogP contribution is 2.07. The fourth-order valence-electron chi connectivity index (χ4n) is 0.971. The highest BCUT2D eigenvalue weighted by molar-refractivity contribution is 7.80. The van der Waals surface area contributed by atoms with Crippen molar-refractivity contribution < 1.29 is 0 Å². The molecule has 60 valence electrons. The summed E-state index contributed by atoms with van der Waals surface area (Å²) in [5.74, 6) is 0. The van der Waals surface area contributed by atoms with E-state index in [1.165, 1.54) is 0 Å². The Labute approximate surface area is 76.6 Å². The number of nitrogens with zero attached hydrogens (tertiary/aromatic N) is 1. The molecule has 0 aliphatic heterocycles. The Kier molecular flexibility index (Phi) is 2.78. The van der Waals surface area contributed by atoms with Crippen molar-refractivity contribution in [2.45, 2.75) is 6.42 Å². The Hall–Kier alpha value is -1.40. The summed E-state index contributed by atoms with van der Waals surface area (Å²) in [6.07, 6.45) is 0.499. The van der Waals surface area contributed by atoms with Crippen molar-refractivity contribution in [1.82, 2.24) is 0 Å². The van der Waals surface area contributed by atoms with Gasteiger partial charge in [-0.2, -0.15) is 5.26 Å². The maximum absolute atomic E-state index is 8.70. The molecule has 0 heterocycles. The number of hydrogen-bond acceptors (Lipinski definition) is 2. The minimum atomic E-state index is 0.415. The smallest absolute Gasteiger partial charge is 0.0994 e. The third kappa shape index (κ3) is 2.04. The molecule has 0 aromatic heterocycles.